The summed E-state index contributed by atoms with van der Waals surface area (Å²) in [6.45, 7) is 0.114. The average Bonchev–Trinajstić information content (AvgIpc) is 3.10. The first-order chi connectivity index (χ1) is 11.4. The molecule has 1 aromatic heterocycles. The fourth-order valence-corrected chi connectivity index (χ4v) is 3.02. The van der Waals surface area contributed by atoms with Gasteiger partial charge in [0, 0.05) is 26.2 Å². The number of carbonyl (C=O) groups excluding carboxylic acids is 2. The number of halogens is 1. The van der Waals surface area contributed by atoms with E-state index in [-0.39, 0.29) is 23.5 Å². The molecule has 0 aliphatic carbocycles. The van der Waals surface area contributed by atoms with E-state index in [0.717, 1.165) is 16.7 Å². The summed E-state index contributed by atoms with van der Waals surface area (Å²) in [5, 5.41) is -0.352. The molecule has 1 saturated heterocycles. The van der Waals surface area contributed by atoms with Gasteiger partial charge >= 0.3 is 0 Å². The quantitative estimate of drug-likeness (QED) is 0.790. The smallest absolute Gasteiger partial charge is 0.293 e. The zero-order valence-corrected chi connectivity index (χ0v) is 14.0. The van der Waals surface area contributed by atoms with Crippen molar-refractivity contribution in [2.45, 2.75) is 6.54 Å². The van der Waals surface area contributed by atoms with E-state index in [1.165, 1.54) is 12.1 Å². The van der Waals surface area contributed by atoms with Crippen molar-refractivity contribution in [3.05, 3.63) is 58.4 Å². The molecule has 5 nitrogen and oxygen atoms in total. The molecule has 124 valence electrons. The average molecular weight is 346 g/mol. The molecule has 24 heavy (non-hydrogen) atoms. The van der Waals surface area contributed by atoms with Crippen molar-refractivity contribution in [1.29, 1.82) is 0 Å². The Morgan fingerprint density at radius 3 is 2.50 bits per heavy atom. The summed E-state index contributed by atoms with van der Waals surface area (Å²) < 4.78 is 18.5. The van der Waals surface area contributed by atoms with Crippen LogP contribution in [0.15, 0.2) is 45.7 Å². The van der Waals surface area contributed by atoms with Crippen LogP contribution in [0, 0.1) is 5.82 Å². The Bertz CT molecular complexity index is 811. The lowest BCUT2D eigenvalue weighted by Gasteiger charge is -2.12. The maximum atomic E-state index is 12.9. The van der Waals surface area contributed by atoms with Crippen molar-refractivity contribution in [2.75, 3.05) is 19.0 Å². The summed E-state index contributed by atoms with van der Waals surface area (Å²) in [4.78, 5) is 27.8. The minimum Gasteiger partial charge on any atom is -0.441 e. The number of thioether (sulfide) groups is 1. The molecule has 0 radical (unpaired) electrons. The van der Waals surface area contributed by atoms with Crippen molar-refractivity contribution in [3.63, 3.8) is 0 Å². The van der Waals surface area contributed by atoms with Crippen LogP contribution in [0.4, 0.5) is 15.1 Å². The number of furan rings is 1. The molecule has 0 bridgehead atoms. The monoisotopic (exact) mass is 346 g/mol. The molecule has 3 rings (SSSR count). The van der Waals surface area contributed by atoms with Gasteiger partial charge in [-0.2, -0.15) is 0 Å². The summed E-state index contributed by atoms with van der Waals surface area (Å²) in [6, 6.07) is 9.24. The molecular formula is C17H15FN2O3S. The van der Waals surface area contributed by atoms with Gasteiger partial charge in [0.05, 0.1) is 11.4 Å². The van der Waals surface area contributed by atoms with Gasteiger partial charge in [-0.3, -0.25) is 14.5 Å². The van der Waals surface area contributed by atoms with E-state index in [1.54, 1.807) is 35.2 Å². The predicted molar refractivity (Wildman–Crippen MR) is 90.9 cm³/mol. The van der Waals surface area contributed by atoms with Gasteiger partial charge < -0.3 is 9.32 Å². The topological polar surface area (TPSA) is 53.8 Å². The van der Waals surface area contributed by atoms with Gasteiger partial charge in [-0.05, 0) is 35.5 Å². The molecule has 2 aromatic rings. The zero-order valence-electron chi connectivity index (χ0n) is 13.2. The van der Waals surface area contributed by atoms with Gasteiger partial charge in [0.15, 0.2) is 5.88 Å². The number of anilines is 1. The first kappa shape index (κ1) is 16.3. The van der Waals surface area contributed by atoms with E-state index in [0.29, 0.717) is 22.1 Å². The normalized spacial score (nSPS) is 16.3. The van der Waals surface area contributed by atoms with Gasteiger partial charge in [0.25, 0.3) is 11.1 Å². The van der Waals surface area contributed by atoms with Crippen molar-refractivity contribution >= 4 is 34.9 Å². The van der Waals surface area contributed by atoms with Gasteiger partial charge in [0.2, 0.25) is 0 Å². The molecule has 2 heterocycles. The van der Waals surface area contributed by atoms with E-state index < -0.39 is 0 Å². The fourth-order valence-electron chi connectivity index (χ4n) is 2.20. The molecule has 1 fully saturated rings. The Hall–Kier alpha value is -2.54. The highest BCUT2D eigenvalue weighted by molar-refractivity contribution is 8.18. The van der Waals surface area contributed by atoms with Crippen LogP contribution < -0.4 is 4.90 Å². The van der Waals surface area contributed by atoms with Crippen LogP contribution in [0.1, 0.15) is 11.3 Å². The van der Waals surface area contributed by atoms with Crippen LogP contribution in [-0.4, -0.2) is 30.1 Å². The molecule has 0 saturated carbocycles. The summed E-state index contributed by atoms with van der Waals surface area (Å²) >= 11 is 0.868. The molecule has 2 amide bonds. The largest absolute Gasteiger partial charge is 0.441 e. The maximum Gasteiger partial charge on any atom is 0.293 e. The van der Waals surface area contributed by atoms with E-state index in [9.17, 15) is 14.0 Å². The third-order valence-electron chi connectivity index (χ3n) is 3.45. The first-order valence-corrected chi connectivity index (χ1v) is 8.02. The molecule has 7 heteroatoms. The lowest BCUT2D eigenvalue weighted by molar-refractivity contribution is -0.123. The fraction of sp³-hybridized carbons (Fsp3) is 0.176. The molecular weight excluding hydrogens is 331 g/mol. The number of amides is 2. The molecule has 1 aliphatic heterocycles. The molecule has 0 unspecified atom stereocenters. The van der Waals surface area contributed by atoms with E-state index in [4.69, 9.17) is 4.42 Å². The number of benzene rings is 1. The van der Waals surface area contributed by atoms with E-state index in [1.807, 2.05) is 14.1 Å². The lowest BCUT2D eigenvalue weighted by Crippen LogP contribution is -2.27. The van der Waals surface area contributed by atoms with Crippen molar-refractivity contribution in [2.24, 2.45) is 0 Å². The number of rotatable bonds is 4. The highest BCUT2D eigenvalue weighted by atomic mass is 32.2. The van der Waals surface area contributed by atoms with E-state index >= 15 is 0 Å². The maximum absolute atomic E-state index is 12.9. The van der Waals surface area contributed by atoms with Gasteiger partial charge in [-0.15, -0.1) is 0 Å². The minimum atomic E-state index is -0.378. The van der Waals surface area contributed by atoms with Crippen LogP contribution >= 0.6 is 11.8 Å². The zero-order chi connectivity index (χ0) is 17.3. The molecule has 0 spiro atoms. The van der Waals surface area contributed by atoms with E-state index in [2.05, 4.69) is 0 Å². The van der Waals surface area contributed by atoms with Crippen molar-refractivity contribution in [3.8, 4) is 0 Å². The van der Waals surface area contributed by atoms with Gasteiger partial charge in [-0.25, -0.2) is 4.39 Å². The number of nitrogens with zero attached hydrogens (tertiary/aromatic N) is 2. The van der Waals surface area contributed by atoms with Crippen LogP contribution in [0.5, 0.6) is 0 Å². The third kappa shape index (κ3) is 3.35. The molecule has 0 N–H and O–H groups in total. The highest BCUT2D eigenvalue weighted by Crippen LogP contribution is 2.34. The second kappa shape index (κ2) is 6.52. The Kier molecular flexibility index (Phi) is 4.44. The highest BCUT2D eigenvalue weighted by Gasteiger charge is 2.35. The summed E-state index contributed by atoms with van der Waals surface area (Å²) in [6.07, 6.45) is 1.56. The second-order valence-corrected chi connectivity index (χ2v) is 6.46. The Morgan fingerprint density at radius 2 is 1.88 bits per heavy atom. The lowest BCUT2D eigenvalue weighted by atomic mass is 10.2. The number of hydrogen-bond acceptors (Lipinski definition) is 5. The van der Waals surface area contributed by atoms with Crippen molar-refractivity contribution in [1.82, 2.24) is 4.90 Å². The second-order valence-electron chi connectivity index (χ2n) is 5.46. The summed E-state index contributed by atoms with van der Waals surface area (Å²) in [7, 11) is 3.69. The minimum absolute atomic E-state index is 0.114. The third-order valence-corrected chi connectivity index (χ3v) is 4.36. The van der Waals surface area contributed by atoms with Gasteiger partial charge in [0.1, 0.15) is 11.6 Å². The number of carbonyl (C=O) groups is 2. The van der Waals surface area contributed by atoms with Crippen molar-refractivity contribution < 1.29 is 18.4 Å². The standard InChI is InChI=1S/C17H15FN2O3S/c1-19(2)15-8-7-13(23-15)9-14-16(21)20(17(22)24-14)10-11-3-5-12(18)6-4-11/h3-9H,10H2,1-2H3/b14-9-. The van der Waals surface area contributed by atoms with Crippen LogP contribution in [-0.2, 0) is 11.3 Å². The summed E-state index contributed by atoms with van der Waals surface area (Å²) in [5.41, 5.74) is 0.688. The van der Waals surface area contributed by atoms with Crippen LogP contribution in [0.2, 0.25) is 0 Å². The van der Waals surface area contributed by atoms with Gasteiger partial charge in [-0.1, -0.05) is 12.1 Å². The first-order valence-electron chi connectivity index (χ1n) is 7.21. The SMILES string of the molecule is CN(C)c1ccc(/C=C2\SC(=O)N(Cc3ccc(F)cc3)C2=O)o1. The Labute approximate surface area is 142 Å². The summed E-state index contributed by atoms with van der Waals surface area (Å²) in [5.74, 6) is 0.428. The number of hydrogen-bond donors (Lipinski definition) is 0. The Balaban J connectivity index is 1.77. The molecule has 1 aromatic carbocycles. The predicted octanol–water partition coefficient (Wildman–Crippen LogP) is 3.72. The number of imide groups is 1. The van der Waals surface area contributed by atoms with Crippen LogP contribution in [0.3, 0.4) is 0 Å². The molecule has 1 aliphatic rings. The molecule has 0 atom stereocenters. The Morgan fingerprint density at radius 1 is 1.17 bits per heavy atom. The van der Waals surface area contributed by atoms with Crippen LogP contribution in [0.25, 0.3) is 6.08 Å².